The van der Waals surface area contributed by atoms with Crippen LogP contribution < -0.4 is 0 Å². The number of esters is 1. The van der Waals surface area contributed by atoms with E-state index < -0.39 is 5.97 Å². The molecular weight excluding hydrogens is 256 g/mol. The fourth-order valence-corrected chi connectivity index (χ4v) is 0.983. The predicted molar refractivity (Wildman–Crippen MR) is 59.9 cm³/mol. The fraction of sp³-hybridized carbons (Fsp3) is 0.500. The number of ether oxygens (including phenoxy) is 1. The Morgan fingerprint density at radius 3 is 2.21 bits per heavy atom. The van der Waals surface area contributed by atoms with Crippen molar-refractivity contribution in [1.82, 2.24) is 20.3 Å². The summed E-state index contributed by atoms with van der Waals surface area (Å²) < 4.78 is 13.7. The number of carbonyl (C=O) groups is 1. The maximum Gasteiger partial charge on any atom is 0.379 e. The Hall–Kier alpha value is -2.29. The van der Waals surface area contributed by atoms with Gasteiger partial charge in [0.1, 0.15) is 6.61 Å². The van der Waals surface area contributed by atoms with Gasteiger partial charge in [-0.05, 0) is 12.1 Å². The lowest BCUT2D eigenvalue weighted by atomic mass is 10.6. The van der Waals surface area contributed by atoms with E-state index in [-0.39, 0.29) is 12.4 Å². The van der Waals surface area contributed by atoms with E-state index in [4.69, 9.17) is 5.11 Å². The number of carbonyl (C=O) groups excluding carboxylic acids is 1. The molecule has 2 rings (SSSR count). The molecule has 2 heterocycles. The van der Waals surface area contributed by atoms with Gasteiger partial charge in [-0.1, -0.05) is 5.16 Å². The molecule has 0 unspecified atom stereocenters. The summed E-state index contributed by atoms with van der Waals surface area (Å²) in [5.41, 5.74) is 0. The van der Waals surface area contributed by atoms with Crippen molar-refractivity contribution in [3.63, 3.8) is 0 Å². The van der Waals surface area contributed by atoms with Crippen LogP contribution in [0.3, 0.4) is 0 Å². The minimum Gasteiger partial charge on any atom is -0.460 e. The molecule has 0 aliphatic heterocycles. The second-order valence-electron chi connectivity index (χ2n) is 3.25. The van der Waals surface area contributed by atoms with Gasteiger partial charge in [0, 0.05) is 13.8 Å². The average Bonchev–Trinajstić information content (AvgIpc) is 2.99. The van der Waals surface area contributed by atoms with E-state index in [1.165, 1.54) is 0 Å². The second kappa shape index (κ2) is 7.21. The first-order valence-corrected chi connectivity index (χ1v) is 5.44. The number of aliphatic hydroxyl groups is 1. The van der Waals surface area contributed by atoms with E-state index >= 15 is 0 Å². The van der Waals surface area contributed by atoms with Gasteiger partial charge in [-0.15, -0.1) is 0 Å². The highest BCUT2D eigenvalue weighted by Gasteiger charge is 2.12. The Morgan fingerprint density at radius 2 is 1.84 bits per heavy atom. The van der Waals surface area contributed by atoms with E-state index in [2.05, 4.69) is 34.1 Å². The van der Waals surface area contributed by atoms with Gasteiger partial charge < -0.3 is 18.9 Å². The molecule has 0 aliphatic carbocycles. The average molecular weight is 270 g/mol. The van der Waals surface area contributed by atoms with Crippen molar-refractivity contribution in [2.75, 3.05) is 6.61 Å². The minimum atomic E-state index is -0.552. The monoisotopic (exact) mass is 270 g/mol. The standard InChI is InChI=1S/C6H8N2O3.C4H6N2O2/c1-3-10-6(9)5-7-4(2)11-8-5;1-3-5-4(2-7)6-8-3/h3H2,1-2H3;7H,2H2,1H3. The van der Waals surface area contributed by atoms with Crippen LogP contribution in [0.5, 0.6) is 0 Å². The molecule has 1 N–H and O–H groups in total. The maximum absolute atomic E-state index is 10.9. The van der Waals surface area contributed by atoms with Crippen molar-refractivity contribution < 1.29 is 23.7 Å². The smallest absolute Gasteiger partial charge is 0.379 e. The number of hydrogen-bond donors (Lipinski definition) is 1. The van der Waals surface area contributed by atoms with Crippen LogP contribution >= 0.6 is 0 Å². The highest BCUT2D eigenvalue weighted by Crippen LogP contribution is 1.96. The van der Waals surface area contributed by atoms with Gasteiger partial charge in [0.2, 0.25) is 11.8 Å². The molecule has 0 fully saturated rings. The molecule has 9 nitrogen and oxygen atoms in total. The highest BCUT2D eigenvalue weighted by atomic mass is 16.5. The van der Waals surface area contributed by atoms with Crippen LogP contribution in [-0.4, -0.2) is 38.0 Å². The summed E-state index contributed by atoms with van der Waals surface area (Å²) >= 11 is 0. The van der Waals surface area contributed by atoms with Crippen LogP contribution in [0.1, 0.15) is 35.1 Å². The quantitative estimate of drug-likeness (QED) is 0.790. The lowest BCUT2D eigenvalue weighted by molar-refractivity contribution is 0.0508. The maximum atomic E-state index is 10.9. The third kappa shape index (κ3) is 4.84. The number of aliphatic hydroxyl groups excluding tert-OH is 1. The molecule has 0 amide bonds. The molecule has 0 atom stereocenters. The van der Waals surface area contributed by atoms with Crippen molar-refractivity contribution in [3.8, 4) is 0 Å². The first-order chi connectivity index (χ1) is 9.06. The van der Waals surface area contributed by atoms with Gasteiger partial charge in [0.15, 0.2) is 5.82 Å². The minimum absolute atomic E-state index is 0.0237. The molecule has 104 valence electrons. The van der Waals surface area contributed by atoms with Gasteiger partial charge in [0.05, 0.1) is 6.61 Å². The third-order valence-electron chi connectivity index (χ3n) is 1.70. The van der Waals surface area contributed by atoms with Crippen LogP contribution in [0.4, 0.5) is 0 Å². The van der Waals surface area contributed by atoms with Crippen LogP contribution in [0, 0.1) is 13.8 Å². The van der Waals surface area contributed by atoms with Crippen molar-refractivity contribution in [3.05, 3.63) is 23.4 Å². The number of nitrogens with zero attached hydrogens (tertiary/aromatic N) is 4. The number of hydrogen-bond acceptors (Lipinski definition) is 9. The Labute approximate surface area is 108 Å². The van der Waals surface area contributed by atoms with Gasteiger partial charge in [-0.2, -0.15) is 9.97 Å². The Balaban J connectivity index is 0.000000200. The highest BCUT2D eigenvalue weighted by molar-refractivity contribution is 5.84. The SMILES string of the molecule is CCOC(=O)c1noc(C)n1.Cc1nc(CO)no1. The molecule has 0 spiro atoms. The van der Waals surface area contributed by atoms with Crippen molar-refractivity contribution >= 4 is 5.97 Å². The number of aryl methyl sites for hydroxylation is 2. The molecule has 0 aliphatic rings. The molecule has 2 aromatic rings. The first-order valence-electron chi connectivity index (χ1n) is 5.44. The molecule has 0 radical (unpaired) electrons. The van der Waals surface area contributed by atoms with Crippen LogP contribution in [-0.2, 0) is 11.3 Å². The Kier molecular flexibility index (Phi) is 5.61. The number of rotatable bonds is 3. The van der Waals surface area contributed by atoms with Gasteiger partial charge in [-0.25, -0.2) is 4.79 Å². The first kappa shape index (κ1) is 14.8. The molecule has 0 saturated carbocycles. The third-order valence-corrected chi connectivity index (χ3v) is 1.70. The van der Waals surface area contributed by atoms with E-state index in [0.717, 1.165) is 0 Å². The Morgan fingerprint density at radius 1 is 1.21 bits per heavy atom. The lowest BCUT2D eigenvalue weighted by Crippen LogP contribution is -2.06. The molecule has 0 saturated heterocycles. The predicted octanol–water partition coefficient (Wildman–Crippen LogP) is 0.425. The zero-order valence-corrected chi connectivity index (χ0v) is 10.8. The summed E-state index contributed by atoms with van der Waals surface area (Å²) in [6.07, 6.45) is 0. The zero-order chi connectivity index (χ0) is 14.3. The fourth-order valence-electron chi connectivity index (χ4n) is 0.983. The second-order valence-corrected chi connectivity index (χ2v) is 3.25. The van der Waals surface area contributed by atoms with E-state index in [1.54, 1.807) is 20.8 Å². The largest absolute Gasteiger partial charge is 0.460 e. The summed E-state index contributed by atoms with van der Waals surface area (Å²) in [6.45, 7) is 5.15. The molecule has 2 aromatic heterocycles. The molecule has 19 heavy (non-hydrogen) atoms. The van der Waals surface area contributed by atoms with Crippen LogP contribution in [0.15, 0.2) is 9.05 Å². The summed E-state index contributed by atoms with van der Waals surface area (Å²) in [6, 6.07) is 0. The molecular formula is C10H14N4O5. The van der Waals surface area contributed by atoms with Gasteiger partial charge in [-0.3, -0.25) is 0 Å². The van der Waals surface area contributed by atoms with E-state index in [0.29, 0.717) is 24.2 Å². The van der Waals surface area contributed by atoms with Crippen LogP contribution in [0.25, 0.3) is 0 Å². The van der Waals surface area contributed by atoms with Gasteiger partial charge in [0.25, 0.3) is 5.82 Å². The van der Waals surface area contributed by atoms with E-state index in [1.807, 2.05) is 0 Å². The molecule has 0 bridgehead atoms. The zero-order valence-electron chi connectivity index (χ0n) is 10.8. The topological polar surface area (TPSA) is 124 Å². The Bertz CT molecular complexity index is 521. The molecule has 9 heteroatoms. The van der Waals surface area contributed by atoms with Crippen molar-refractivity contribution in [2.24, 2.45) is 0 Å². The summed E-state index contributed by atoms with van der Waals surface area (Å²) in [7, 11) is 0. The lowest BCUT2D eigenvalue weighted by Gasteiger charge is -1.93. The normalized spacial score (nSPS) is 9.68. The van der Waals surface area contributed by atoms with Crippen molar-refractivity contribution in [2.45, 2.75) is 27.4 Å². The van der Waals surface area contributed by atoms with Crippen molar-refractivity contribution in [1.29, 1.82) is 0 Å². The summed E-state index contributed by atoms with van der Waals surface area (Å²) in [5, 5.41) is 15.1. The number of aromatic nitrogens is 4. The van der Waals surface area contributed by atoms with E-state index in [9.17, 15) is 4.79 Å². The summed E-state index contributed by atoms with van der Waals surface area (Å²) in [4.78, 5) is 18.2. The summed E-state index contributed by atoms with van der Waals surface area (Å²) in [5.74, 6) is 0.596. The van der Waals surface area contributed by atoms with Crippen LogP contribution in [0.2, 0.25) is 0 Å². The van der Waals surface area contributed by atoms with Gasteiger partial charge >= 0.3 is 5.97 Å². The molecule has 0 aromatic carbocycles.